The second kappa shape index (κ2) is 3.83. The zero-order valence-electron chi connectivity index (χ0n) is 7.84. The van der Waals surface area contributed by atoms with Gasteiger partial charge >= 0.3 is 0 Å². The third-order valence-corrected chi connectivity index (χ3v) is 2.60. The lowest BCUT2D eigenvalue weighted by atomic mass is 10.2. The first-order valence-electron chi connectivity index (χ1n) is 4.24. The van der Waals surface area contributed by atoms with Crippen molar-refractivity contribution in [1.29, 1.82) is 0 Å². The van der Waals surface area contributed by atoms with Gasteiger partial charge in [0.2, 0.25) is 0 Å². The predicted molar refractivity (Wildman–Crippen MR) is 58.3 cm³/mol. The summed E-state index contributed by atoms with van der Waals surface area (Å²) in [5, 5.41) is 4.60. The molecule has 0 unspecified atom stereocenters. The van der Waals surface area contributed by atoms with Gasteiger partial charge in [0.1, 0.15) is 5.82 Å². The van der Waals surface area contributed by atoms with Gasteiger partial charge in [0.15, 0.2) is 0 Å². The molecule has 78 valence electrons. The second-order valence-corrected chi connectivity index (χ2v) is 3.95. The molecule has 15 heavy (non-hydrogen) atoms. The highest BCUT2D eigenvalue weighted by atomic mass is 35.5. The van der Waals surface area contributed by atoms with Gasteiger partial charge in [-0.25, -0.2) is 9.07 Å². The van der Waals surface area contributed by atoms with Crippen molar-refractivity contribution >= 4 is 23.2 Å². The Labute approximate surface area is 96.2 Å². The van der Waals surface area contributed by atoms with E-state index in [1.165, 1.54) is 16.9 Å². The van der Waals surface area contributed by atoms with E-state index in [0.29, 0.717) is 16.3 Å². The lowest BCUT2D eigenvalue weighted by Gasteiger charge is -2.07. The molecule has 1 heterocycles. The minimum absolute atomic E-state index is 0.106. The first-order valence-corrected chi connectivity index (χ1v) is 5.00. The fourth-order valence-corrected chi connectivity index (χ4v) is 1.66. The van der Waals surface area contributed by atoms with E-state index in [0.717, 1.165) is 0 Å². The van der Waals surface area contributed by atoms with Crippen LogP contribution in [-0.2, 0) is 0 Å². The molecule has 0 amide bonds. The maximum absolute atomic E-state index is 13.5. The molecule has 2 aromatic rings. The molecule has 0 aliphatic rings. The number of hydrogen-bond acceptors (Lipinski definition) is 1. The molecule has 0 aliphatic heterocycles. The average Bonchev–Trinajstić information content (AvgIpc) is 2.61. The highest BCUT2D eigenvalue weighted by molar-refractivity contribution is 6.31. The van der Waals surface area contributed by atoms with Gasteiger partial charge in [0.25, 0.3) is 0 Å². The molecule has 0 radical (unpaired) electrons. The van der Waals surface area contributed by atoms with Gasteiger partial charge < -0.3 is 0 Å². The van der Waals surface area contributed by atoms with Crippen LogP contribution in [0.15, 0.2) is 24.5 Å². The molecule has 0 bridgehead atoms. The lowest BCUT2D eigenvalue weighted by Crippen LogP contribution is -1.99. The van der Waals surface area contributed by atoms with Crippen molar-refractivity contribution < 1.29 is 4.39 Å². The maximum Gasteiger partial charge on any atom is 0.146 e. The van der Waals surface area contributed by atoms with Gasteiger partial charge in [-0.3, -0.25) is 0 Å². The quantitative estimate of drug-likeness (QED) is 0.750. The van der Waals surface area contributed by atoms with Gasteiger partial charge in [-0.2, -0.15) is 5.10 Å². The molecule has 0 atom stereocenters. The first kappa shape index (κ1) is 10.5. The van der Waals surface area contributed by atoms with Crippen LogP contribution in [0.3, 0.4) is 0 Å². The largest absolute Gasteiger partial charge is 0.239 e. The summed E-state index contributed by atoms with van der Waals surface area (Å²) < 4.78 is 15.0. The van der Waals surface area contributed by atoms with Crippen molar-refractivity contribution in [2.24, 2.45) is 0 Å². The smallest absolute Gasteiger partial charge is 0.146 e. The third kappa shape index (κ3) is 1.85. The summed E-state index contributed by atoms with van der Waals surface area (Å²) in [6.07, 6.45) is 3.10. The Morgan fingerprint density at radius 3 is 2.67 bits per heavy atom. The number of benzene rings is 1. The summed E-state index contributed by atoms with van der Waals surface area (Å²) in [6, 6.07) is 3.19. The molecule has 1 aromatic carbocycles. The zero-order chi connectivity index (χ0) is 11.0. The monoisotopic (exact) mass is 244 g/mol. The first-order chi connectivity index (χ1) is 7.09. The Bertz CT molecular complexity index is 508. The van der Waals surface area contributed by atoms with E-state index in [1.807, 2.05) is 0 Å². The fraction of sp³-hybridized carbons (Fsp3) is 0.100. The Morgan fingerprint density at radius 1 is 1.33 bits per heavy atom. The van der Waals surface area contributed by atoms with E-state index < -0.39 is 5.82 Å². The number of rotatable bonds is 1. The molecule has 5 heteroatoms. The topological polar surface area (TPSA) is 17.8 Å². The summed E-state index contributed by atoms with van der Waals surface area (Å²) in [7, 11) is 0. The summed E-state index contributed by atoms with van der Waals surface area (Å²) in [6.45, 7) is 1.64. The number of halogens is 3. The van der Waals surface area contributed by atoms with Gasteiger partial charge in [0, 0.05) is 11.8 Å². The van der Waals surface area contributed by atoms with Crippen LogP contribution in [0, 0.1) is 12.7 Å². The predicted octanol–water partition coefficient (Wildman–Crippen LogP) is 3.63. The van der Waals surface area contributed by atoms with Crippen LogP contribution in [0.4, 0.5) is 4.39 Å². The number of hydrogen-bond donors (Lipinski definition) is 0. The molecule has 0 saturated heterocycles. The molecule has 0 aliphatic carbocycles. The maximum atomic E-state index is 13.5. The molecular weight excluding hydrogens is 238 g/mol. The minimum atomic E-state index is -0.430. The molecule has 0 fully saturated rings. The molecular formula is C10H7Cl2FN2. The molecule has 2 nitrogen and oxygen atoms in total. The van der Waals surface area contributed by atoms with Crippen LogP contribution in [0.5, 0.6) is 0 Å². The van der Waals surface area contributed by atoms with Gasteiger partial charge in [0.05, 0.1) is 21.9 Å². The van der Waals surface area contributed by atoms with Crippen molar-refractivity contribution in [2.45, 2.75) is 6.92 Å². The molecule has 0 spiro atoms. The van der Waals surface area contributed by atoms with Crippen molar-refractivity contribution in [3.05, 3.63) is 46.0 Å². The normalized spacial score (nSPS) is 10.7. The van der Waals surface area contributed by atoms with Crippen LogP contribution < -0.4 is 0 Å². The average molecular weight is 245 g/mol. The summed E-state index contributed by atoms with van der Waals surface area (Å²) in [5.74, 6) is -0.430. The highest BCUT2D eigenvalue weighted by Crippen LogP contribution is 2.24. The zero-order valence-corrected chi connectivity index (χ0v) is 9.35. The van der Waals surface area contributed by atoms with Crippen molar-refractivity contribution in [1.82, 2.24) is 9.78 Å². The standard InChI is InChI=1S/C10H7Cl2FN2/c1-6-9(3-2-8(12)10(6)13)15-5-7(11)4-14-15/h2-5H,1H3. The van der Waals surface area contributed by atoms with E-state index in [9.17, 15) is 4.39 Å². The summed E-state index contributed by atoms with van der Waals surface area (Å²) in [5.41, 5.74) is 1.08. The summed E-state index contributed by atoms with van der Waals surface area (Å²) in [4.78, 5) is 0. The van der Waals surface area contributed by atoms with E-state index in [-0.39, 0.29) is 5.02 Å². The molecule has 0 saturated carbocycles. The van der Waals surface area contributed by atoms with E-state index in [4.69, 9.17) is 23.2 Å². The molecule has 2 rings (SSSR count). The van der Waals surface area contributed by atoms with E-state index >= 15 is 0 Å². The van der Waals surface area contributed by atoms with Gasteiger partial charge in [-0.1, -0.05) is 23.2 Å². The third-order valence-electron chi connectivity index (χ3n) is 2.11. The number of nitrogens with zero attached hydrogens (tertiary/aromatic N) is 2. The van der Waals surface area contributed by atoms with Crippen LogP contribution >= 0.6 is 23.2 Å². The van der Waals surface area contributed by atoms with Gasteiger partial charge in [-0.05, 0) is 19.1 Å². The Kier molecular flexibility index (Phi) is 2.67. The Hall–Kier alpha value is -1.06. The van der Waals surface area contributed by atoms with Crippen LogP contribution in [0.1, 0.15) is 5.56 Å². The number of aromatic nitrogens is 2. The molecule has 1 aromatic heterocycles. The van der Waals surface area contributed by atoms with Crippen molar-refractivity contribution in [2.75, 3.05) is 0 Å². The SMILES string of the molecule is Cc1c(-n2cc(Cl)cn2)ccc(Cl)c1F. The van der Waals surface area contributed by atoms with E-state index in [2.05, 4.69) is 5.10 Å². The lowest BCUT2D eigenvalue weighted by molar-refractivity contribution is 0.616. The van der Waals surface area contributed by atoms with Crippen LogP contribution in [0.2, 0.25) is 10.0 Å². The van der Waals surface area contributed by atoms with Crippen LogP contribution in [-0.4, -0.2) is 9.78 Å². The Balaban J connectivity index is 2.59. The highest BCUT2D eigenvalue weighted by Gasteiger charge is 2.10. The Morgan fingerprint density at radius 2 is 2.07 bits per heavy atom. The summed E-state index contributed by atoms with van der Waals surface area (Å²) >= 11 is 11.4. The van der Waals surface area contributed by atoms with Crippen LogP contribution in [0.25, 0.3) is 5.69 Å². The molecule has 0 N–H and O–H groups in total. The fourth-order valence-electron chi connectivity index (χ4n) is 1.32. The van der Waals surface area contributed by atoms with Crippen molar-refractivity contribution in [3.8, 4) is 5.69 Å². The van der Waals surface area contributed by atoms with E-state index in [1.54, 1.807) is 19.2 Å². The van der Waals surface area contributed by atoms with Gasteiger partial charge in [-0.15, -0.1) is 0 Å². The minimum Gasteiger partial charge on any atom is -0.239 e. The van der Waals surface area contributed by atoms with Crippen molar-refractivity contribution in [3.63, 3.8) is 0 Å². The second-order valence-electron chi connectivity index (χ2n) is 3.11.